The molecule has 20 heavy (non-hydrogen) atoms. The number of hydrogen-bond acceptors (Lipinski definition) is 3. The standard InChI is InChI=1S/C16H32N2O2/c1-6-20-16(19)18-9-7-14(8-10-18)17-11-15(12(2)3)13(4)5/h12-15,17H,6-11H2,1-5H3. The molecule has 1 heterocycles. The van der Waals surface area contributed by atoms with Gasteiger partial charge < -0.3 is 15.0 Å². The van der Waals surface area contributed by atoms with Gasteiger partial charge in [0.15, 0.2) is 0 Å². The van der Waals surface area contributed by atoms with Crippen molar-refractivity contribution in [1.82, 2.24) is 10.2 Å². The van der Waals surface area contributed by atoms with Crippen LogP contribution < -0.4 is 5.32 Å². The van der Waals surface area contributed by atoms with E-state index in [1.54, 1.807) is 0 Å². The van der Waals surface area contributed by atoms with Crippen LogP contribution in [0, 0.1) is 17.8 Å². The van der Waals surface area contributed by atoms with E-state index in [1.165, 1.54) is 0 Å². The van der Waals surface area contributed by atoms with Crippen LogP contribution in [-0.4, -0.2) is 43.3 Å². The number of likely N-dealkylation sites (tertiary alicyclic amines) is 1. The number of hydrogen-bond donors (Lipinski definition) is 1. The Kier molecular flexibility index (Phi) is 7.35. The van der Waals surface area contributed by atoms with Crippen LogP contribution in [0.25, 0.3) is 0 Å². The van der Waals surface area contributed by atoms with Gasteiger partial charge >= 0.3 is 6.09 Å². The molecule has 118 valence electrons. The summed E-state index contributed by atoms with van der Waals surface area (Å²) < 4.78 is 5.04. The molecule has 0 aromatic heterocycles. The lowest BCUT2D eigenvalue weighted by molar-refractivity contribution is 0.0942. The number of nitrogens with zero attached hydrogens (tertiary/aromatic N) is 1. The number of ether oxygens (including phenoxy) is 1. The van der Waals surface area contributed by atoms with Crippen LogP contribution in [0.2, 0.25) is 0 Å². The number of rotatable bonds is 6. The SMILES string of the molecule is CCOC(=O)N1CCC(NCC(C(C)C)C(C)C)CC1. The minimum Gasteiger partial charge on any atom is -0.450 e. The average Bonchev–Trinajstić information content (AvgIpc) is 2.39. The minimum absolute atomic E-state index is 0.159. The number of piperidine rings is 1. The fourth-order valence-electron chi connectivity index (χ4n) is 3.02. The first kappa shape index (κ1) is 17.3. The van der Waals surface area contributed by atoms with Gasteiger partial charge in [0.05, 0.1) is 6.61 Å². The van der Waals surface area contributed by atoms with Gasteiger partial charge in [0, 0.05) is 19.1 Å². The Morgan fingerprint density at radius 2 is 1.75 bits per heavy atom. The molecule has 0 spiro atoms. The molecule has 1 fully saturated rings. The van der Waals surface area contributed by atoms with Crippen molar-refractivity contribution in [3.05, 3.63) is 0 Å². The van der Waals surface area contributed by atoms with Crippen LogP contribution in [0.1, 0.15) is 47.5 Å². The van der Waals surface area contributed by atoms with Gasteiger partial charge in [0.2, 0.25) is 0 Å². The normalized spacial score (nSPS) is 17.3. The van der Waals surface area contributed by atoms with Gasteiger partial charge in [0.1, 0.15) is 0 Å². The zero-order valence-corrected chi connectivity index (χ0v) is 13.8. The molecular weight excluding hydrogens is 252 g/mol. The Hall–Kier alpha value is -0.770. The van der Waals surface area contributed by atoms with E-state index in [-0.39, 0.29) is 6.09 Å². The molecule has 0 unspecified atom stereocenters. The molecule has 0 saturated carbocycles. The maximum Gasteiger partial charge on any atom is 0.409 e. The van der Waals surface area contributed by atoms with Crippen molar-refractivity contribution in [1.29, 1.82) is 0 Å². The highest BCUT2D eigenvalue weighted by Gasteiger charge is 2.25. The Labute approximate surface area is 124 Å². The molecule has 1 amide bonds. The monoisotopic (exact) mass is 284 g/mol. The van der Waals surface area contributed by atoms with Crippen LogP contribution in [0.5, 0.6) is 0 Å². The second-order valence-corrected chi connectivity index (χ2v) is 6.52. The van der Waals surface area contributed by atoms with Crippen LogP contribution >= 0.6 is 0 Å². The van der Waals surface area contributed by atoms with Gasteiger partial charge in [-0.05, 0) is 44.1 Å². The number of amides is 1. The van der Waals surface area contributed by atoms with Gasteiger partial charge in [-0.3, -0.25) is 0 Å². The first-order chi connectivity index (χ1) is 9.45. The molecule has 0 aromatic carbocycles. The molecule has 1 N–H and O–H groups in total. The van der Waals surface area contributed by atoms with E-state index in [0.717, 1.165) is 38.4 Å². The molecule has 0 radical (unpaired) electrons. The summed E-state index contributed by atoms with van der Waals surface area (Å²) >= 11 is 0. The fourth-order valence-corrected chi connectivity index (χ4v) is 3.02. The van der Waals surface area contributed by atoms with Crippen molar-refractivity contribution < 1.29 is 9.53 Å². The minimum atomic E-state index is -0.159. The van der Waals surface area contributed by atoms with Gasteiger partial charge in [-0.25, -0.2) is 4.79 Å². The Bertz CT molecular complexity index is 276. The lowest BCUT2D eigenvalue weighted by atomic mass is 9.85. The highest BCUT2D eigenvalue weighted by molar-refractivity contribution is 5.67. The third-order valence-corrected chi connectivity index (χ3v) is 4.38. The molecule has 0 bridgehead atoms. The molecule has 1 aliphatic heterocycles. The smallest absolute Gasteiger partial charge is 0.409 e. The van der Waals surface area contributed by atoms with Crippen molar-refractivity contribution in [2.24, 2.45) is 17.8 Å². The second kappa shape index (κ2) is 8.50. The summed E-state index contributed by atoms with van der Waals surface area (Å²) in [6, 6.07) is 0.542. The van der Waals surface area contributed by atoms with E-state index in [0.29, 0.717) is 24.5 Å². The van der Waals surface area contributed by atoms with E-state index in [4.69, 9.17) is 4.74 Å². The molecular formula is C16H32N2O2. The van der Waals surface area contributed by atoms with Crippen molar-refractivity contribution in [2.75, 3.05) is 26.2 Å². The van der Waals surface area contributed by atoms with Gasteiger partial charge in [-0.15, -0.1) is 0 Å². The molecule has 0 aromatic rings. The maximum atomic E-state index is 11.6. The van der Waals surface area contributed by atoms with Gasteiger partial charge in [-0.2, -0.15) is 0 Å². The third-order valence-electron chi connectivity index (χ3n) is 4.38. The summed E-state index contributed by atoms with van der Waals surface area (Å²) in [6.07, 6.45) is 1.90. The molecule has 1 rings (SSSR count). The number of carbonyl (C=O) groups excluding carboxylic acids is 1. The summed E-state index contributed by atoms with van der Waals surface area (Å²) in [7, 11) is 0. The van der Waals surface area contributed by atoms with Crippen molar-refractivity contribution in [3.8, 4) is 0 Å². The fraction of sp³-hybridized carbons (Fsp3) is 0.938. The average molecular weight is 284 g/mol. The van der Waals surface area contributed by atoms with Crippen molar-refractivity contribution in [3.63, 3.8) is 0 Å². The lowest BCUT2D eigenvalue weighted by Gasteiger charge is -2.34. The first-order valence-electron chi connectivity index (χ1n) is 8.10. The zero-order chi connectivity index (χ0) is 15.1. The summed E-state index contributed by atoms with van der Waals surface area (Å²) in [6.45, 7) is 14.2. The van der Waals surface area contributed by atoms with E-state index in [9.17, 15) is 4.79 Å². The lowest BCUT2D eigenvalue weighted by Crippen LogP contribution is -2.46. The first-order valence-corrected chi connectivity index (χ1v) is 8.10. The predicted molar refractivity (Wildman–Crippen MR) is 82.8 cm³/mol. The predicted octanol–water partition coefficient (Wildman–Crippen LogP) is 3.13. The zero-order valence-electron chi connectivity index (χ0n) is 13.8. The topological polar surface area (TPSA) is 41.6 Å². The molecule has 0 aliphatic carbocycles. The van der Waals surface area contributed by atoms with Crippen LogP contribution in [0.4, 0.5) is 4.79 Å². The molecule has 1 aliphatic rings. The molecule has 0 atom stereocenters. The molecule has 4 nitrogen and oxygen atoms in total. The van der Waals surface area contributed by atoms with Crippen molar-refractivity contribution >= 4 is 6.09 Å². The van der Waals surface area contributed by atoms with Gasteiger partial charge in [-0.1, -0.05) is 27.7 Å². The Morgan fingerprint density at radius 1 is 1.20 bits per heavy atom. The van der Waals surface area contributed by atoms with E-state index in [1.807, 2.05) is 11.8 Å². The summed E-state index contributed by atoms with van der Waals surface area (Å²) in [5, 5.41) is 3.70. The highest BCUT2D eigenvalue weighted by atomic mass is 16.6. The molecule has 4 heteroatoms. The maximum absolute atomic E-state index is 11.6. The molecule has 1 saturated heterocycles. The van der Waals surface area contributed by atoms with Crippen LogP contribution in [0.15, 0.2) is 0 Å². The number of nitrogens with one attached hydrogen (secondary N) is 1. The summed E-state index contributed by atoms with van der Waals surface area (Å²) in [4.78, 5) is 13.5. The van der Waals surface area contributed by atoms with E-state index < -0.39 is 0 Å². The summed E-state index contributed by atoms with van der Waals surface area (Å²) in [5.74, 6) is 2.14. The Balaban J connectivity index is 2.30. The van der Waals surface area contributed by atoms with Crippen LogP contribution in [-0.2, 0) is 4.74 Å². The third kappa shape index (κ3) is 5.31. The Morgan fingerprint density at radius 3 is 2.20 bits per heavy atom. The van der Waals surface area contributed by atoms with Crippen LogP contribution in [0.3, 0.4) is 0 Å². The highest BCUT2D eigenvalue weighted by Crippen LogP contribution is 2.20. The van der Waals surface area contributed by atoms with E-state index in [2.05, 4.69) is 33.0 Å². The van der Waals surface area contributed by atoms with Gasteiger partial charge in [0.25, 0.3) is 0 Å². The largest absolute Gasteiger partial charge is 0.450 e. The number of carbonyl (C=O) groups is 1. The second-order valence-electron chi connectivity index (χ2n) is 6.52. The van der Waals surface area contributed by atoms with E-state index >= 15 is 0 Å². The quantitative estimate of drug-likeness (QED) is 0.815. The summed E-state index contributed by atoms with van der Waals surface area (Å²) in [5.41, 5.74) is 0. The van der Waals surface area contributed by atoms with Crippen molar-refractivity contribution in [2.45, 2.75) is 53.5 Å².